The third-order valence-corrected chi connectivity index (χ3v) is 1.97. The number of rotatable bonds is 7. The van der Waals surface area contributed by atoms with Gasteiger partial charge in [0.1, 0.15) is 6.04 Å². The summed E-state index contributed by atoms with van der Waals surface area (Å²) in [6.45, 7) is 0.527. The van der Waals surface area contributed by atoms with Gasteiger partial charge < -0.3 is 16.6 Å². The molecule has 0 heterocycles. The number of carboxylic acid groups (broad SMARTS) is 1. The number of nitrogens with one attached hydrogen (secondary N) is 1. The standard InChI is InChI=1S/C8H18N4O3/c1-12(11-8(10)15)6(7(13)14)4-2-3-5-9/h6H,2-5,9H2,1H3,(H,13,14)(H3,10,11,15)/t6-/m0/s1. The van der Waals surface area contributed by atoms with Crippen LogP contribution in [0.15, 0.2) is 0 Å². The van der Waals surface area contributed by atoms with Crippen LogP contribution in [0.3, 0.4) is 0 Å². The van der Waals surface area contributed by atoms with Gasteiger partial charge in [-0.1, -0.05) is 0 Å². The molecule has 88 valence electrons. The fraction of sp³-hybridized carbons (Fsp3) is 0.750. The fourth-order valence-electron chi connectivity index (χ4n) is 1.22. The van der Waals surface area contributed by atoms with Gasteiger partial charge in [0.05, 0.1) is 0 Å². The number of nitrogens with two attached hydrogens (primary N) is 2. The third kappa shape index (κ3) is 5.87. The van der Waals surface area contributed by atoms with Crippen LogP contribution in [-0.2, 0) is 4.79 Å². The molecular formula is C8H18N4O3. The van der Waals surface area contributed by atoms with E-state index in [1.165, 1.54) is 12.1 Å². The molecule has 0 saturated carbocycles. The Morgan fingerprint density at radius 3 is 2.47 bits per heavy atom. The van der Waals surface area contributed by atoms with Crippen LogP contribution in [-0.4, -0.2) is 41.8 Å². The van der Waals surface area contributed by atoms with Gasteiger partial charge in [0, 0.05) is 7.05 Å². The summed E-state index contributed by atoms with van der Waals surface area (Å²) in [5.41, 5.74) is 12.4. The van der Waals surface area contributed by atoms with E-state index in [-0.39, 0.29) is 0 Å². The van der Waals surface area contributed by atoms with Crippen molar-refractivity contribution >= 4 is 12.0 Å². The summed E-state index contributed by atoms with van der Waals surface area (Å²) in [7, 11) is 1.46. The van der Waals surface area contributed by atoms with Gasteiger partial charge in [0.2, 0.25) is 0 Å². The highest BCUT2D eigenvalue weighted by Gasteiger charge is 2.22. The predicted molar refractivity (Wildman–Crippen MR) is 54.8 cm³/mol. The summed E-state index contributed by atoms with van der Waals surface area (Å²) in [5, 5.41) is 10.1. The smallest absolute Gasteiger partial charge is 0.326 e. The lowest BCUT2D eigenvalue weighted by Crippen LogP contribution is -2.51. The van der Waals surface area contributed by atoms with Gasteiger partial charge in [0.15, 0.2) is 0 Å². The SMILES string of the molecule is CN(NC(N)=O)[C@@H](CCCCN)C(=O)O. The van der Waals surface area contributed by atoms with E-state index >= 15 is 0 Å². The van der Waals surface area contributed by atoms with E-state index in [0.717, 1.165) is 6.42 Å². The van der Waals surface area contributed by atoms with Gasteiger partial charge in [-0.2, -0.15) is 0 Å². The highest BCUT2D eigenvalue weighted by molar-refractivity contribution is 5.75. The van der Waals surface area contributed by atoms with Crippen molar-refractivity contribution in [3.05, 3.63) is 0 Å². The lowest BCUT2D eigenvalue weighted by atomic mass is 10.1. The molecule has 1 atom stereocenters. The maximum Gasteiger partial charge on any atom is 0.326 e. The molecule has 0 unspecified atom stereocenters. The predicted octanol–water partition coefficient (Wildman–Crippen LogP) is -0.916. The van der Waals surface area contributed by atoms with Gasteiger partial charge in [-0.05, 0) is 25.8 Å². The maximum atomic E-state index is 10.9. The lowest BCUT2D eigenvalue weighted by molar-refractivity contribution is -0.143. The number of unbranched alkanes of at least 4 members (excludes halogenated alkanes) is 1. The number of carbonyl (C=O) groups excluding carboxylic acids is 1. The zero-order valence-corrected chi connectivity index (χ0v) is 8.77. The van der Waals surface area contributed by atoms with E-state index in [2.05, 4.69) is 5.43 Å². The molecule has 0 aliphatic heterocycles. The molecule has 7 nitrogen and oxygen atoms in total. The molecule has 7 heteroatoms. The fourth-order valence-corrected chi connectivity index (χ4v) is 1.22. The van der Waals surface area contributed by atoms with Crippen LogP contribution in [0, 0.1) is 0 Å². The highest BCUT2D eigenvalue weighted by atomic mass is 16.4. The van der Waals surface area contributed by atoms with E-state index in [0.29, 0.717) is 19.4 Å². The van der Waals surface area contributed by atoms with Crippen molar-refractivity contribution in [3.63, 3.8) is 0 Å². The van der Waals surface area contributed by atoms with Gasteiger partial charge in [-0.3, -0.25) is 10.2 Å². The van der Waals surface area contributed by atoms with Gasteiger partial charge >= 0.3 is 12.0 Å². The van der Waals surface area contributed by atoms with Crippen LogP contribution in [0.1, 0.15) is 19.3 Å². The van der Waals surface area contributed by atoms with Crippen LogP contribution in [0.5, 0.6) is 0 Å². The lowest BCUT2D eigenvalue weighted by Gasteiger charge is -2.23. The summed E-state index contributed by atoms with van der Waals surface area (Å²) in [6.07, 6.45) is 1.87. The Morgan fingerprint density at radius 2 is 2.07 bits per heavy atom. The summed E-state index contributed by atoms with van der Waals surface area (Å²) < 4.78 is 0. The number of primary amides is 1. The quantitative estimate of drug-likeness (QED) is 0.325. The van der Waals surface area contributed by atoms with Crippen molar-refractivity contribution in [2.45, 2.75) is 25.3 Å². The normalized spacial score (nSPS) is 12.5. The van der Waals surface area contributed by atoms with Crippen molar-refractivity contribution < 1.29 is 14.7 Å². The molecule has 0 aromatic heterocycles. The first-order chi connectivity index (χ1) is 6.99. The minimum atomic E-state index is -0.997. The molecule has 15 heavy (non-hydrogen) atoms. The molecule has 0 aliphatic carbocycles. The Bertz CT molecular complexity index is 222. The average Bonchev–Trinajstić information content (AvgIpc) is 2.10. The molecule has 0 aromatic rings. The molecule has 0 rings (SSSR count). The molecule has 0 fully saturated rings. The van der Waals surface area contributed by atoms with Crippen molar-refractivity contribution in [1.29, 1.82) is 0 Å². The number of hydrogen-bond donors (Lipinski definition) is 4. The number of aliphatic carboxylic acids is 1. The maximum absolute atomic E-state index is 10.9. The van der Waals surface area contributed by atoms with Gasteiger partial charge in [-0.25, -0.2) is 9.80 Å². The van der Waals surface area contributed by atoms with Crippen LogP contribution < -0.4 is 16.9 Å². The summed E-state index contributed by atoms with van der Waals surface area (Å²) in [6, 6.07) is -1.55. The molecule has 0 bridgehead atoms. The van der Waals surface area contributed by atoms with Crippen LogP contribution >= 0.6 is 0 Å². The first-order valence-corrected chi connectivity index (χ1v) is 4.70. The number of hydrazine groups is 1. The minimum absolute atomic E-state index is 0.420. The largest absolute Gasteiger partial charge is 0.480 e. The van der Waals surface area contributed by atoms with Crippen LogP contribution in [0.25, 0.3) is 0 Å². The van der Waals surface area contributed by atoms with Crippen molar-refractivity contribution in [2.24, 2.45) is 11.5 Å². The van der Waals surface area contributed by atoms with Gasteiger partial charge in [0.25, 0.3) is 0 Å². The Labute approximate surface area is 88.4 Å². The molecule has 0 aromatic carbocycles. The van der Waals surface area contributed by atoms with E-state index in [1.807, 2.05) is 0 Å². The Balaban J connectivity index is 4.13. The summed E-state index contributed by atoms with van der Waals surface area (Å²) in [5.74, 6) is -0.997. The highest BCUT2D eigenvalue weighted by Crippen LogP contribution is 2.05. The second-order valence-electron chi connectivity index (χ2n) is 3.23. The topological polar surface area (TPSA) is 122 Å². The number of carbonyl (C=O) groups is 2. The van der Waals surface area contributed by atoms with E-state index < -0.39 is 18.0 Å². The Morgan fingerprint density at radius 1 is 1.47 bits per heavy atom. The number of amides is 2. The average molecular weight is 218 g/mol. The minimum Gasteiger partial charge on any atom is -0.480 e. The molecule has 6 N–H and O–H groups in total. The molecule has 0 spiro atoms. The summed E-state index contributed by atoms with van der Waals surface area (Å²) >= 11 is 0. The molecular weight excluding hydrogens is 200 g/mol. The molecule has 0 saturated heterocycles. The van der Waals surface area contributed by atoms with Crippen molar-refractivity contribution in [1.82, 2.24) is 10.4 Å². The molecule has 2 amide bonds. The Kier molecular flexibility index (Phi) is 6.39. The van der Waals surface area contributed by atoms with Crippen LogP contribution in [0.4, 0.5) is 4.79 Å². The van der Waals surface area contributed by atoms with E-state index in [9.17, 15) is 9.59 Å². The zero-order valence-electron chi connectivity index (χ0n) is 8.77. The third-order valence-electron chi connectivity index (χ3n) is 1.97. The second kappa shape index (κ2) is 7.02. The Hall–Kier alpha value is -1.34. The molecule has 0 radical (unpaired) electrons. The monoisotopic (exact) mass is 218 g/mol. The van der Waals surface area contributed by atoms with E-state index in [1.54, 1.807) is 0 Å². The zero-order chi connectivity index (χ0) is 11.8. The second-order valence-corrected chi connectivity index (χ2v) is 3.23. The summed E-state index contributed by atoms with van der Waals surface area (Å²) in [4.78, 5) is 21.4. The molecule has 0 aliphatic rings. The number of nitrogens with zero attached hydrogens (tertiary/aromatic N) is 1. The van der Waals surface area contributed by atoms with Gasteiger partial charge in [-0.15, -0.1) is 0 Å². The number of likely N-dealkylation sites (N-methyl/N-ethyl adjacent to an activating group) is 1. The van der Waals surface area contributed by atoms with Crippen molar-refractivity contribution in [3.8, 4) is 0 Å². The first-order valence-electron chi connectivity index (χ1n) is 4.70. The first kappa shape index (κ1) is 13.7. The van der Waals surface area contributed by atoms with E-state index in [4.69, 9.17) is 16.6 Å². The van der Waals surface area contributed by atoms with Crippen LogP contribution in [0.2, 0.25) is 0 Å². The number of carboxylic acids is 1. The van der Waals surface area contributed by atoms with Crippen molar-refractivity contribution in [2.75, 3.05) is 13.6 Å². The number of hydrogen-bond acceptors (Lipinski definition) is 4. The number of urea groups is 1.